The smallest absolute Gasteiger partial charge is 0.330 e. The molecule has 2 fully saturated rings. The van der Waals surface area contributed by atoms with Crippen LogP contribution in [0, 0.1) is 12.3 Å². The summed E-state index contributed by atoms with van der Waals surface area (Å²) in [6, 6.07) is 0. The second-order valence-electron chi connectivity index (χ2n) is 9.72. The van der Waals surface area contributed by atoms with Crippen molar-refractivity contribution < 1.29 is 14.2 Å². The van der Waals surface area contributed by atoms with E-state index in [2.05, 4.69) is 25.8 Å². The molecule has 1 aromatic heterocycles. The molecule has 0 spiro atoms. The number of hydrogen-bond donors (Lipinski definition) is 1. The Morgan fingerprint density at radius 1 is 1.27 bits per heavy atom. The molecule has 0 radical (unpaired) electrons. The highest BCUT2D eigenvalue weighted by atomic mass is 16.7. The van der Waals surface area contributed by atoms with E-state index >= 15 is 0 Å². The van der Waals surface area contributed by atoms with Crippen LogP contribution in [0.25, 0.3) is 0 Å². The van der Waals surface area contributed by atoms with E-state index in [0.29, 0.717) is 12.2 Å². The maximum absolute atomic E-state index is 12.4. The minimum atomic E-state index is -0.624. The molecule has 2 saturated heterocycles. The first-order chi connectivity index (χ1) is 11.8. The molecule has 0 aliphatic carbocycles. The van der Waals surface area contributed by atoms with E-state index in [9.17, 15) is 9.59 Å². The highest BCUT2D eigenvalue weighted by Crippen LogP contribution is 2.51. The Labute approximate surface area is 153 Å². The van der Waals surface area contributed by atoms with Crippen LogP contribution in [0.4, 0.5) is 0 Å². The van der Waals surface area contributed by atoms with Crippen molar-refractivity contribution in [2.75, 3.05) is 6.61 Å². The molecule has 0 amide bonds. The van der Waals surface area contributed by atoms with Crippen LogP contribution in [0.2, 0.25) is 0 Å². The predicted molar refractivity (Wildman–Crippen MR) is 97.4 cm³/mol. The summed E-state index contributed by atoms with van der Waals surface area (Å²) in [6.07, 6.45) is 0.964. The van der Waals surface area contributed by atoms with Crippen LogP contribution in [0.1, 0.15) is 59.8 Å². The van der Waals surface area contributed by atoms with Crippen LogP contribution < -0.4 is 11.2 Å². The number of aromatic nitrogens is 2. The zero-order valence-corrected chi connectivity index (χ0v) is 16.7. The van der Waals surface area contributed by atoms with Crippen LogP contribution in [-0.2, 0) is 14.2 Å². The van der Waals surface area contributed by atoms with Gasteiger partial charge in [-0.25, -0.2) is 4.79 Å². The molecule has 2 unspecified atom stereocenters. The molecule has 4 atom stereocenters. The van der Waals surface area contributed by atoms with Crippen molar-refractivity contribution in [1.82, 2.24) is 9.55 Å². The molecule has 26 heavy (non-hydrogen) atoms. The Morgan fingerprint density at radius 2 is 1.92 bits per heavy atom. The fourth-order valence-corrected chi connectivity index (χ4v) is 3.98. The van der Waals surface area contributed by atoms with Gasteiger partial charge in [0.05, 0.1) is 12.2 Å². The second kappa shape index (κ2) is 6.04. The SMILES string of the molecule is Cc1cn([C@@H]2O[C@@]3(CC(C)(C)C)COC2C3OC(C)(C)C)c(=O)[nH]c1=O. The highest BCUT2D eigenvalue weighted by molar-refractivity contribution is 5.11. The molecule has 146 valence electrons. The zero-order valence-electron chi connectivity index (χ0n) is 16.7. The Hall–Kier alpha value is -1.44. The lowest BCUT2D eigenvalue weighted by molar-refractivity contribution is -0.189. The van der Waals surface area contributed by atoms with Crippen molar-refractivity contribution in [3.05, 3.63) is 32.6 Å². The lowest BCUT2D eigenvalue weighted by Crippen LogP contribution is -2.47. The van der Waals surface area contributed by atoms with Crippen molar-refractivity contribution in [2.24, 2.45) is 5.41 Å². The fourth-order valence-electron chi connectivity index (χ4n) is 3.98. The van der Waals surface area contributed by atoms with Gasteiger partial charge in [0.1, 0.15) is 17.8 Å². The average molecular weight is 366 g/mol. The van der Waals surface area contributed by atoms with Crippen molar-refractivity contribution in [3.63, 3.8) is 0 Å². The van der Waals surface area contributed by atoms with Gasteiger partial charge in [0, 0.05) is 11.8 Å². The number of aromatic amines is 1. The van der Waals surface area contributed by atoms with Crippen molar-refractivity contribution in [3.8, 4) is 0 Å². The number of aryl methyl sites for hydroxylation is 1. The van der Waals surface area contributed by atoms with Crippen molar-refractivity contribution in [2.45, 2.75) is 84.5 Å². The van der Waals surface area contributed by atoms with Gasteiger partial charge in [0.15, 0.2) is 6.23 Å². The first-order valence-electron chi connectivity index (χ1n) is 9.11. The lowest BCUT2D eigenvalue weighted by atomic mass is 9.80. The molecule has 7 heteroatoms. The number of nitrogens with one attached hydrogen (secondary N) is 1. The van der Waals surface area contributed by atoms with Gasteiger partial charge in [0.25, 0.3) is 5.56 Å². The summed E-state index contributed by atoms with van der Waals surface area (Å²) in [5, 5.41) is 0. The van der Waals surface area contributed by atoms with Gasteiger partial charge in [-0.1, -0.05) is 20.8 Å². The van der Waals surface area contributed by atoms with Crippen LogP contribution in [-0.4, -0.2) is 39.6 Å². The van der Waals surface area contributed by atoms with E-state index in [0.717, 1.165) is 6.42 Å². The van der Waals surface area contributed by atoms with E-state index in [1.807, 2.05) is 20.8 Å². The number of hydrogen-bond acceptors (Lipinski definition) is 5. The third-order valence-corrected chi connectivity index (χ3v) is 4.70. The molecule has 1 aromatic rings. The minimum absolute atomic E-state index is 0.00147. The number of H-pyrrole nitrogens is 1. The Kier molecular flexibility index (Phi) is 4.49. The Morgan fingerprint density at radius 3 is 2.50 bits per heavy atom. The number of fused-ring (bicyclic) bond motifs is 2. The summed E-state index contributed by atoms with van der Waals surface area (Å²) in [4.78, 5) is 26.4. The molecule has 2 aliphatic heterocycles. The van der Waals surface area contributed by atoms with Gasteiger partial charge < -0.3 is 14.2 Å². The van der Waals surface area contributed by atoms with E-state index < -0.39 is 23.6 Å². The normalized spacial score (nSPS) is 31.6. The summed E-state index contributed by atoms with van der Waals surface area (Å²) >= 11 is 0. The van der Waals surface area contributed by atoms with E-state index in [4.69, 9.17) is 14.2 Å². The van der Waals surface area contributed by atoms with Crippen molar-refractivity contribution in [1.29, 1.82) is 0 Å². The van der Waals surface area contributed by atoms with Gasteiger partial charge in [-0.15, -0.1) is 0 Å². The Bertz CT molecular complexity index is 798. The summed E-state index contributed by atoms with van der Waals surface area (Å²) < 4.78 is 20.2. The van der Waals surface area contributed by atoms with Crippen LogP contribution in [0.3, 0.4) is 0 Å². The molecule has 3 heterocycles. The number of nitrogens with zero attached hydrogens (tertiary/aromatic N) is 1. The van der Waals surface area contributed by atoms with Crippen molar-refractivity contribution >= 4 is 0 Å². The molecule has 7 nitrogen and oxygen atoms in total. The highest BCUT2D eigenvalue weighted by Gasteiger charge is 2.64. The quantitative estimate of drug-likeness (QED) is 0.886. The summed E-state index contributed by atoms with van der Waals surface area (Å²) in [6.45, 7) is 14.5. The summed E-state index contributed by atoms with van der Waals surface area (Å²) in [5.74, 6) is 0. The zero-order chi connectivity index (χ0) is 19.5. The monoisotopic (exact) mass is 366 g/mol. The average Bonchev–Trinajstić information content (AvgIpc) is 2.90. The van der Waals surface area contributed by atoms with Gasteiger partial charge in [0.2, 0.25) is 0 Å². The molecular formula is C19H30N2O5. The molecular weight excluding hydrogens is 336 g/mol. The number of rotatable bonds is 3. The van der Waals surface area contributed by atoms with Crippen LogP contribution >= 0.6 is 0 Å². The molecule has 3 rings (SSSR count). The van der Waals surface area contributed by atoms with Gasteiger partial charge >= 0.3 is 5.69 Å². The van der Waals surface area contributed by atoms with Gasteiger partial charge in [-0.2, -0.15) is 0 Å². The first-order valence-corrected chi connectivity index (χ1v) is 9.11. The van der Waals surface area contributed by atoms with E-state index in [-0.39, 0.29) is 22.7 Å². The fraction of sp³-hybridized carbons (Fsp3) is 0.789. The maximum atomic E-state index is 12.4. The third kappa shape index (κ3) is 3.52. The van der Waals surface area contributed by atoms with Crippen LogP contribution in [0.15, 0.2) is 15.8 Å². The molecule has 0 saturated carbocycles. The van der Waals surface area contributed by atoms with Gasteiger partial charge in [-0.05, 0) is 39.5 Å². The molecule has 0 aromatic carbocycles. The van der Waals surface area contributed by atoms with E-state index in [1.54, 1.807) is 6.92 Å². The largest absolute Gasteiger partial charge is 0.368 e. The standard InChI is InChI=1S/C19H30N2O5/c1-11-8-21(16(23)20-14(11)22)15-12-13(25-18(5,6)7)19(26-15,10-24-12)9-17(2,3)4/h8,12-13,15H,9-10H2,1-7H3,(H,20,22,23)/t12?,13?,15-,19+/m1/s1. The van der Waals surface area contributed by atoms with Gasteiger partial charge in [-0.3, -0.25) is 14.3 Å². The minimum Gasteiger partial charge on any atom is -0.368 e. The summed E-state index contributed by atoms with van der Waals surface area (Å²) in [5.41, 5.74) is -1.43. The van der Waals surface area contributed by atoms with Crippen LogP contribution in [0.5, 0.6) is 0 Å². The number of ether oxygens (including phenoxy) is 3. The third-order valence-electron chi connectivity index (χ3n) is 4.70. The lowest BCUT2D eigenvalue weighted by Gasteiger charge is -2.38. The first kappa shape index (κ1) is 19.3. The summed E-state index contributed by atoms with van der Waals surface area (Å²) in [7, 11) is 0. The molecule has 1 N–H and O–H groups in total. The van der Waals surface area contributed by atoms with E-state index in [1.165, 1.54) is 10.8 Å². The Balaban J connectivity index is 2.03. The topological polar surface area (TPSA) is 82.6 Å². The molecule has 2 aliphatic rings. The second-order valence-corrected chi connectivity index (χ2v) is 9.72. The predicted octanol–water partition coefficient (Wildman–Crippen LogP) is 2.13. The maximum Gasteiger partial charge on any atom is 0.330 e. The molecule has 2 bridgehead atoms.